The maximum absolute atomic E-state index is 12.4. The summed E-state index contributed by atoms with van der Waals surface area (Å²) in [4.78, 5) is 36.7. The highest BCUT2D eigenvalue weighted by atomic mass is 16.5. The number of esters is 2. The van der Waals surface area contributed by atoms with E-state index in [1.54, 1.807) is 12.1 Å². The summed E-state index contributed by atoms with van der Waals surface area (Å²) in [5.41, 5.74) is 0.271. The van der Waals surface area contributed by atoms with Crippen molar-refractivity contribution in [3.63, 3.8) is 0 Å². The summed E-state index contributed by atoms with van der Waals surface area (Å²) in [6.45, 7) is 1.42. The zero-order chi connectivity index (χ0) is 19.2. The van der Waals surface area contributed by atoms with Crippen LogP contribution in [0.1, 0.15) is 81.5 Å². The van der Waals surface area contributed by atoms with Gasteiger partial charge in [-0.3, -0.25) is 14.4 Å². The van der Waals surface area contributed by atoms with Crippen LogP contribution in [-0.2, 0) is 9.59 Å². The minimum absolute atomic E-state index is 0.0664. The van der Waals surface area contributed by atoms with Crippen LogP contribution < -0.4 is 9.47 Å². The van der Waals surface area contributed by atoms with Crippen molar-refractivity contribution >= 4 is 17.7 Å². The standard InChI is InChI=1S/C22H28O5/c1-15(23)19-14-18(26-21(24)16-8-4-2-5-9-16)12-13-20(19)27-22(25)17-10-6-3-7-11-17/h12-14,16-17H,2-11H2,1H3. The number of hydrogen-bond donors (Lipinski definition) is 0. The number of carbonyl (C=O) groups excluding carboxylic acids is 3. The van der Waals surface area contributed by atoms with Crippen molar-refractivity contribution in [2.24, 2.45) is 11.8 Å². The third-order valence-electron chi connectivity index (χ3n) is 5.64. The van der Waals surface area contributed by atoms with Crippen LogP contribution in [0, 0.1) is 11.8 Å². The molecule has 5 nitrogen and oxygen atoms in total. The number of ketones is 1. The first-order valence-corrected chi connectivity index (χ1v) is 10.1. The highest BCUT2D eigenvalue weighted by Crippen LogP contribution is 2.30. The summed E-state index contributed by atoms with van der Waals surface area (Å²) in [7, 11) is 0. The summed E-state index contributed by atoms with van der Waals surface area (Å²) in [6, 6.07) is 4.66. The summed E-state index contributed by atoms with van der Waals surface area (Å²) in [5, 5.41) is 0. The quantitative estimate of drug-likeness (QED) is 0.419. The maximum Gasteiger partial charge on any atom is 0.314 e. The van der Waals surface area contributed by atoms with E-state index < -0.39 is 0 Å². The topological polar surface area (TPSA) is 69.7 Å². The van der Waals surface area contributed by atoms with Crippen molar-refractivity contribution in [1.82, 2.24) is 0 Å². The summed E-state index contributed by atoms with van der Waals surface area (Å²) >= 11 is 0. The lowest BCUT2D eigenvalue weighted by molar-refractivity contribution is -0.141. The number of Topliss-reactive ketones (excluding diaryl/α,β-unsaturated/α-hetero) is 1. The molecule has 5 heteroatoms. The lowest BCUT2D eigenvalue weighted by atomic mass is 9.89. The van der Waals surface area contributed by atoms with Crippen LogP contribution in [0.5, 0.6) is 11.5 Å². The van der Waals surface area contributed by atoms with Gasteiger partial charge in [-0.25, -0.2) is 0 Å². The van der Waals surface area contributed by atoms with Crippen LogP contribution in [0.15, 0.2) is 18.2 Å². The van der Waals surface area contributed by atoms with Gasteiger partial charge in [-0.15, -0.1) is 0 Å². The molecule has 0 heterocycles. The summed E-state index contributed by atoms with van der Waals surface area (Å²) in [6.07, 6.45) is 9.89. The summed E-state index contributed by atoms with van der Waals surface area (Å²) < 4.78 is 11.0. The Morgan fingerprint density at radius 2 is 1.30 bits per heavy atom. The molecule has 2 aliphatic carbocycles. The van der Waals surface area contributed by atoms with Gasteiger partial charge >= 0.3 is 11.9 Å². The molecule has 0 radical (unpaired) electrons. The fourth-order valence-corrected chi connectivity index (χ4v) is 4.00. The van der Waals surface area contributed by atoms with Gasteiger partial charge < -0.3 is 9.47 Å². The molecule has 0 bridgehead atoms. The van der Waals surface area contributed by atoms with E-state index in [2.05, 4.69) is 0 Å². The number of rotatable bonds is 5. The number of hydrogen-bond acceptors (Lipinski definition) is 5. The van der Waals surface area contributed by atoms with E-state index in [0.29, 0.717) is 5.75 Å². The van der Waals surface area contributed by atoms with Crippen LogP contribution in [0.3, 0.4) is 0 Å². The highest BCUT2D eigenvalue weighted by Gasteiger charge is 2.26. The van der Waals surface area contributed by atoms with Crippen LogP contribution >= 0.6 is 0 Å². The second-order valence-electron chi connectivity index (χ2n) is 7.73. The minimum Gasteiger partial charge on any atom is -0.426 e. The first-order valence-electron chi connectivity index (χ1n) is 10.1. The monoisotopic (exact) mass is 372 g/mol. The van der Waals surface area contributed by atoms with E-state index in [9.17, 15) is 14.4 Å². The van der Waals surface area contributed by atoms with Gasteiger partial charge in [0.2, 0.25) is 0 Å². The average molecular weight is 372 g/mol. The second-order valence-corrected chi connectivity index (χ2v) is 7.73. The maximum atomic E-state index is 12.4. The molecule has 1 aromatic rings. The molecule has 0 N–H and O–H groups in total. The van der Waals surface area contributed by atoms with Crippen LogP contribution in [0.25, 0.3) is 0 Å². The summed E-state index contributed by atoms with van der Waals surface area (Å²) in [5.74, 6) is -0.327. The van der Waals surface area contributed by atoms with Crippen molar-refractivity contribution in [3.05, 3.63) is 23.8 Å². The third kappa shape index (κ3) is 5.18. The molecule has 0 aliphatic heterocycles. The molecule has 0 amide bonds. The Labute approximate surface area is 160 Å². The molecular formula is C22H28O5. The van der Waals surface area contributed by atoms with Crippen molar-refractivity contribution in [2.45, 2.75) is 71.1 Å². The second kappa shape index (κ2) is 9.16. The van der Waals surface area contributed by atoms with Gasteiger partial charge in [0.25, 0.3) is 0 Å². The lowest BCUT2D eigenvalue weighted by Crippen LogP contribution is -2.24. The number of benzene rings is 1. The van der Waals surface area contributed by atoms with Gasteiger partial charge in [-0.2, -0.15) is 0 Å². The molecule has 27 heavy (non-hydrogen) atoms. The fourth-order valence-electron chi connectivity index (χ4n) is 4.00. The average Bonchev–Trinajstić information content (AvgIpc) is 2.70. The van der Waals surface area contributed by atoms with E-state index in [1.807, 2.05) is 0 Å². The van der Waals surface area contributed by atoms with Crippen molar-refractivity contribution in [2.75, 3.05) is 0 Å². The third-order valence-corrected chi connectivity index (χ3v) is 5.64. The van der Waals surface area contributed by atoms with Gasteiger partial charge in [0.15, 0.2) is 5.78 Å². The van der Waals surface area contributed by atoms with Gasteiger partial charge in [0.05, 0.1) is 17.4 Å². The van der Waals surface area contributed by atoms with E-state index in [1.165, 1.54) is 19.4 Å². The molecule has 0 saturated heterocycles. The van der Waals surface area contributed by atoms with E-state index in [0.717, 1.165) is 57.8 Å². The smallest absolute Gasteiger partial charge is 0.314 e. The Hall–Kier alpha value is -2.17. The van der Waals surface area contributed by atoms with Gasteiger partial charge in [-0.05, 0) is 50.8 Å². The van der Waals surface area contributed by atoms with Gasteiger partial charge in [0, 0.05) is 0 Å². The van der Waals surface area contributed by atoms with E-state index >= 15 is 0 Å². The largest absolute Gasteiger partial charge is 0.426 e. The highest BCUT2D eigenvalue weighted by molar-refractivity contribution is 5.98. The Balaban J connectivity index is 1.69. The molecule has 146 valence electrons. The molecule has 1 aromatic carbocycles. The normalized spacial score (nSPS) is 18.7. The zero-order valence-corrected chi connectivity index (χ0v) is 16.0. The van der Waals surface area contributed by atoms with Crippen LogP contribution in [-0.4, -0.2) is 17.7 Å². The SMILES string of the molecule is CC(=O)c1cc(OC(=O)C2CCCCC2)ccc1OC(=O)C1CCCCC1. The molecule has 2 aliphatic rings. The van der Waals surface area contributed by atoms with E-state index in [-0.39, 0.29) is 40.9 Å². The minimum atomic E-state index is -0.274. The van der Waals surface area contributed by atoms with Crippen LogP contribution in [0.2, 0.25) is 0 Å². The van der Waals surface area contributed by atoms with Crippen molar-refractivity contribution in [1.29, 1.82) is 0 Å². The van der Waals surface area contributed by atoms with Gasteiger partial charge in [-0.1, -0.05) is 38.5 Å². The Kier molecular flexibility index (Phi) is 6.64. The zero-order valence-electron chi connectivity index (χ0n) is 16.0. The molecule has 0 spiro atoms. The van der Waals surface area contributed by atoms with Crippen molar-refractivity contribution in [3.8, 4) is 11.5 Å². The van der Waals surface area contributed by atoms with Gasteiger partial charge in [0.1, 0.15) is 11.5 Å². The molecule has 2 fully saturated rings. The fraction of sp³-hybridized carbons (Fsp3) is 0.591. The molecule has 0 atom stereocenters. The molecule has 2 saturated carbocycles. The number of carbonyl (C=O) groups is 3. The number of ether oxygens (including phenoxy) is 2. The Bertz CT molecular complexity index is 697. The first kappa shape index (κ1) is 19.6. The van der Waals surface area contributed by atoms with E-state index in [4.69, 9.17) is 9.47 Å². The predicted molar refractivity (Wildman–Crippen MR) is 101 cm³/mol. The molecular weight excluding hydrogens is 344 g/mol. The molecule has 0 unspecified atom stereocenters. The molecule has 0 aromatic heterocycles. The lowest BCUT2D eigenvalue weighted by Gasteiger charge is -2.21. The first-order chi connectivity index (χ1) is 13.0. The van der Waals surface area contributed by atoms with Crippen LogP contribution in [0.4, 0.5) is 0 Å². The Morgan fingerprint density at radius 1 is 0.778 bits per heavy atom. The van der Waals surface area contributed by atoms with Crippen molar-refractivity contribution < 1.29 is 23.9 Å². The predicted octanol–water partition coefficient (Wildman–Crippen LogP) is 4.86. The molecule has 3 rings (SSSR count). The Morgan fingerprint density at radius 3 is 1.81 bits per heavy atom.